The van der Waals surface area contributed by atoms with E-state index in [1.807, 2.05) is 11.0 Å². The molecule has 1 aromatic carbocycles. The van der Waals surface area contributed by atoms with Gasteiger partial charge in [-0.05, 0) is 36.1 Å². The molecule has 0 radical (unpaired) electrons. The molecule has 25 heavy (non-hydrogen) atoms. The van der Waals surface area contributed by atoms with Crippen LogP contribution in [0.2, 0.25) is 0 Å². The third-order valence-corrected chi connectivity index (χ3v) is 6.79. The number of nitrogens with zero attached hydrogens (tertiary/aromatic N) is 2. The lowest BCUT2D eigenvalue weighted by molar-refractivity contribution is -0.132. The number of fused-ring (bicyclic) bond motifs is 1. The van der Waals surface area contributed by atoms with Gasteiger partial charge in [-0.2, -0.15) is 4.31 Å². The van der Waals surface area contributed by atoms with Crippen molar-refractivity contribution >= 4 is 15.9 Å². The predicted octanol–water partition coefficient (Wildman–Crippen LogP) is 1.78. The van der Waals surface area contributed by atoms with E-state index in [2.05, 4.69) is 6.92 Å². The lowest BCUT2D eigenvalue weighted by Crippen LogP contribution is -2.41. The molecule has 7 heteroatoms. The summed E-state index contributed by atoms with van der Waals surface area (Å²) in [5.41, 5.74) is 2.09. The number of rotatable bonds is 5. The minimum atomic E-state index is -3.50. The van der Waals surface area contributed by atoms with Crippen LogP contribution in [0.5, 0.6) is 0 Å². The van der Waals surface area contributed by atoms with Gasteiger partial charge in [0.05, 0.1) is 18.1 Å². The Kier molecular flexibility index (Phi) is 5.76. The monoisotopic (exact) mass is 366 g/mol. The first-order chi connectivity index (χ1) is 12.0. The highest BCUT2D eigenvalue weighted by molar-refractivity contribution is 7.89. The molecule has 1 aromatic rings. The molecule has 2 heterocycles. The van der Waals surface area contributed by atoms with Crippen molar-refractivity contribution < 1.29 is 17.9 Å². The molecule has 0 spiro atoms. The van der Waals surface area contributed by atoms with Crippen molar-refractivity contribution in [1.29, 1.82) is 0 Å². The zero-order chi connectivity index (χ0) is 17.9. The molecule has 1 saturated heterocycles. The van der Waals surface area contributed by atoms with Crippen LogP contribution in [-0.4, -0.2) is 56.4 Å². The van der Waals surface area contributed by atoms with Crippen LogP contribution in [-0.2, 0) is 32.5 Å². The molecule has 0 bridgehead atoms. The molecule has 0 N–H and O–H groups in total. The van der Waals surface area contributed by atoms with E-state index in [0.29, 0.717) is 50.7 Å². The molecule has 0 aromatic heterocycles. The van der Waals surface area contributed by atoms with Crippen LogP contribution in [0.15, 0.2) is 23.1 Å². The van der Waals surface area contributed by atoms with Crippen molar-refractivity contribution in [2.75, 3.05) is 32.8 Å². The summed E-state index contributed by atoms with van der Waals surface area (Å²) in [6.07, 6.45) is 3.24. The Hall–Kier alpha value is -1.44. The Balaban J connectivity index is 1.78. The highest BCUT2D eigenvalue weighted by atomic mass is 32.2. The normalized spacial score (nSPS) is 18.8. The van der Waals surface area contributed by atoms with Crippen LogP contribution in [0.3, 0.4) is 0 Å². The molecule has 138 valence electrons. The number of morpholine rings is 1. The van der Waals surface area contributed by atoms with E-state index in [9.17, 15) is 13.2 Å². The number of amides is 1. The second-order valence-corrected chi connectivity index (χ2v) is 8.55. The number of unbranched alkanes of at least 4 members (excludes halogenated alkanes) is 1. The van der Waals surface area contributed by atoms with Gasteiger partial charge in [0.15, 0.2) is 0 Å². The van der Waals surface area contributed by atoms with Gasteiger partial charge in [-0.3, -0.25) is 4.79 Å². The van der Waals surface area contributed by atoms with Crippen LogP contribution in [0, 0.1) is 0 Å². The molecular formula is C18H26N2O4S. The van der Waals surface area contributed by atoms with E-state index in [4.69, 9.17) is 4.74 Å². The van der Waals surface area contributed by atoms with Gasteiger partial charge in [-0.25, -0.2) is 8.42 Å². The first kappa shape index (κ1) is 18.4. The van der Waals surface area contributed by atoms with Crippen molar-refractivity contribution in [2.45, 2.75) is 44.0 Å². The van der Waals surface area contributed by atoms with Gasteiger partial charge in [0.2, 0.25) is 15.9 Å². The predicted molar refractivity (Wildman–Crippen MR) is 94.7 cm³/mol. The number of carbonyl (C=O) groups excluding carboxylic acids is 1. The minimum absolute atomic E-state index is 0.161. The largest absolute Gasteiger partial charge is 0.379 e. The third-order valence-electron chi connectivity index (χ3n) is 4.89. The average Bonchev–Trinajstić information content (AvgIpc) is 2.65. The number of ether oxygens (including phenoxy) is 1. The van der Waals surface area contributed by atoms with E-state index in [0.717, 1.165) is 30.4 Å². The fourth-order valence-electron chi connectivity index (χ4n) is 3.33. The molecule has 2 aliphatic rings. The van der Waals surface area contributed by atoms with Crippen molar-refractivity contribution in [2.24, 2.45) is 0 Å². The van der Waals surface area contributed by atoms with Crippen LogP contribution >= 0.6 is 0 Å². The lowest BCUT2D eigenvalue weighted by atomic mass is 9.99. The van der Waals surface area contributed by atoms with Crippen molar-refractivity contribution in [3.8, 4) is 0 Å². The molecule has 2 aliphatic heterocycles. The highest BCUT2D eigenvalue weighted by Gasteiger charge is 2.28. The number of benzene rings is 1. The topological polar surface area (TPSA) is 66.9 Å². The van der Waals surface area contributed by atoms with Crippen LogP contribution in [0.1, 0.15) is 37.3 Å². The molecule has 1 fully saturated rings. The van der Waals surface area contributed by atoms with Gasteiger partial charge in [0.1, 0.15) is 0 Å². The van der Waals surface area contributed by atoms with Crippen LogP contribution in [0.25, 0.3) is 0 Å². The second-order valence-electron chi connectivity index (χ2n) is 6.62. The number of sulfonamides is 1. The summed E-state index contributed by atoms with van der Waals surface area (Å²) in [7, 11) is -3.50. The Morgan fingerprint density at radius 1 is 1.16 bits per heavy atom. The molecular weight excluding hydrogens is 340 g/mol. The summed E-state index contributed by atoms with van der Waals surface area (Å²) in [6.45, 7) is 4.94. The lowest BCUT2D eigenvalue weighted by Gasteiger charge is -2.30. The van der Waals surface area contributed by atoms with E-state index < -0.39 is 10.0 Å². The molecule has 6 nitrogen and oxygen atoms in total. The first-order valence-corrected chi connectivity index (χ1v) is 10.4. The SMILES string of the molecule is CCCCC(=O)N1CCc2ccc(S(=O)(=O)N3CCOCC3)cc2C1. The number of hydrogen-bond acceptors (Lipinski definition) is 4. The number of carbonyl (C=O) groups is 1. The highest BCUT2D eigenvalue weighted by Crippen LogP contribution is 2.25. The molecule has 0 aliphatic carbocycles. The summed E-state index contributed by atoms with van der Waals surface area (Å²) < 4.78 is 32.4. The van der Waals surface area contributed by atoms with E-state index in [1.165, 1.54) is 4.31 Å². The molecule has 1 amide bonds. The fraction of sp³-hybridized carbons (Fsp3) is 0.611. The van der Waals surface area contributed by atoms with Gasteiger partial charge < -0.3 is 9.64 Å². The smallest absolute Gasteiger partial charge is 0.243 e. The fourth-order valence-corrected chi connectivity index (χ4v) is 4.79. The zero-order valence-electron chi connectivity index (χ0n) is 14.7. The van der Waals surface area contributed by atoms with Crippen molar-refractivity contribution in [1.82, 2.24) is 9.21 Å². The van der Waals surface area contributed by atoms with E-state index in [1.54, 1.807) is 12.1 Å². The zero-order valence-corrected chi connectivity index (χ0v) is 15.6. The van der Waals surface area contributed by atoms with E-state index >= 15 is 0 Å². The minimum Gasteiger partial charge on any atom is -0.379 e. The van der Waals surface area contributed by atoms with Crippen LogP contribution < -0.4 is 0 Å². The first-order valence-electron chi connectivity index (χ1n) is 9.00. The van der Waals surface area contributed by atoms with Gasteiger partial charge in [0, 0.05) is 32.6 Å². The quantitative estimate of drug-likeness (QED) is 0.797. The Bertz CT molecular complexity index is 727. The third kappa shape index (κ3) is 4.04. The molecule has 0 unspecified atom stereocenters. The summed E-state index contributed by atoms with van der Waals surface area (Å²) in [6, 6.07) is 5.34. The second kappa shape index (κ2) is 7.85. The Morgan fingerprint density at radius 3 is 2.64 bits per heavy atom. The molecule has 0 atom stereocenters. The van der Waals surface area contributed by atoms with Crippen molar-refractivity contribution in [3.63, 3.8) is 0 Å². The summed E-state index contributed by atoms with van der Waals surface area (Å²) >= 11 is 0. The summed E-state index contributed by atoms with van der Waals surface area (Å²) in [5, 5.41) is 0. The Labute approximate surface area is 149 Å². The van der Waals surface area contributed by atoms with Gasteiger partial charge >= 0.3 is 0 Å². The maximum absolute atomic E-state index is 12.8. The van der Waals surface area contributed by atoms with Gasteiger partial charge in [0.25, 0.3) is 0 Å². The molecule has 3 rings (SSSR count). The standard InChI is InChI=1S/C18H26N2O4S/c1-2-3-4-18(21)19-8-7-15-5-6-17(13-16(15)14-19)25(22,23)20-9-11-24-12-10-20/h5-6,13H,2-4,7-12,14H2,1H3. The maximum atomic E-state index is 12.8. The summed E-state index contributed by atoms with van der Waals surface area (Å²) in [4.78, 5) is 14.4. The number of hydrogen-bond donors (Lipinski definition) is 0. The van der Waals surface area contributed by atoms with Crippen LogP contribution in [0.4, 0.5) is 0 Å². The van der Waals surface area contributed by atoms with E-state index in [-0.39, 0.29) is 5.91 Å². The Morgan fingerprint density at radius 2 is 1.92 bits per heavy atom. The maximum Gasteiger partial charge on any atom is 0.243 e. The van der Waals surface area contributed by atoms with Crippen molar-refractivity contribution in [3.05, 3.63) is 29.3 Å². The average molecular weight is 366 g/mol. The summed E-state index contributed by atoms with van der Waals surface area (Å²) in [5.74, 6) is 0.161. The van der Waals surface area contributed by atoms with Gasteiger partial charge in [-0.1, -0.05) is 19.4 Å². The van der Waals surface area contributed by atoms with Gasteiger partial charge in [-0.15, -0.1) is 0 Å². The molecule has 0 saturated carbocycles.